The summed E-state index contributed by atoms with van der Waals surface area (Å²) in [6.07, 6.45) is 1.57. The van der Waals surface area contributed by atoms with Gasteiger partial charge in [0.2, 0.25) is 0 Å². The molecule has 20 heavy (non-hydrogen) atoms. The van der Waals surface area contributed by atoms with Gasteiger partial charge >= 0.3 is 0 Å². The molecular weight excluding hydrogens is 282 g/mol. The molecule has 0 amide bonds. The number of hydrogen-bond acceptors (Lipinski definition) is 6. The summed E-state index contributed by atoms with van der Waals surface area (Å²) in [4.78, 5) is 14.6. The second kappa shape index (κ2) is 5.20. The molecular formula is C12H13N3O4S. The molecule has 1 aliphatic rings. The predicted octanol–water partition coefficient (Wildman–Crippen LogP) is 2.06. The lowest BCUT2D eigenvalue weighted by atomic mass is 10.2. The van der Waals surface area contributed by atoms with E-state index < -0.39 is 15.7 Å². The van der Waals surface area contributed by atoms with Gasteiger partial charge in [-0.15, -0.1) is 0 Å². The molecule has 0 bridgehead atoms. The highest BCUT2D eigenvalue weighted by atomic mass is 32.2. The third kappa shape index (κ3) is 2.51. The number of oxazole rings is 1. The zero-order valence-corrected chi connectivity index (χ0v) is 11.4. The molecule has 0 atom stereocenters. The molecule has 1 aliphatic heterocycles. The van der Waals surface area contributed by atoms with E-state index in [0.29, 0.717) is 17.1 Å². The standard InChI is InChI=1S/C12H13N3O4S/c16-15(17)9-2-1-3-10-11(9)14-12(19-10)13-8-4-6-20(18)7-5-8/h1-3,8H,4-7H2,(H,13,14). The molecule has 2 heterocycles. The first-order valence-corrected chi connectivity index (χ1v) is 7.78. The highest BCUT2D eigenvalue weighted by Crippen LogP contribution is 2.28. The fourth-order valence-electron chi connectivity index (χ4n) is 2.26. The first kappa shape index (κ1) is 13.0. The zero-order valence-electron chi connectivity index (χ0n) is 10.6. The fourth-order valence-corrected chi connectivity index (χ4v) is 3.55. The number of nitro groups is 1. The summed E-state index contributed by atoms with van der Waals surface area (Å²) < 4.78 is 16.8. The average Bonchev–Trinajstić information content (AvgIpc) is 2.83. The van der Waals surface area contributed by atoms with Gasteiger partial charge in [-0.2, -0.15) is 4.98 Å². The Balaban J connectivity index is 1.84. The number of benzene rings is 1. The highest BCUT2D eigenvalue weighted by Gasteiger charge is 2.21. The molecule has 1 aromatic carbocycles. The van der Waals surface area contributed by atoms with E-state index in [1.54, 1.807) is 12.1 Å². The fraction of sp³-hybridized carbons (Fsp3) is 0.417. The van der Waals surface area contributed by atoms with E-state index in [0.717, 1.165) is 12.8 Å². The molecule has 0 saturated carbocycles. The van der Waals surface area contributed by atoms with Crippen LogP contribution in [-0.4, -0.2) is 31.7 Å². The third-order valence-corrected chi connectivity index (χ3v) is 4.69. The van der Waals surface area contributed by atoms with Gasteiger partial charge in [-0.3, -0.25) is 14.3 Å². The van der Waals surface area contributed by atoms with Gasteiger partial charge in [0.05, 0.1) is 4.92 Å². The molecule has 2 aromatic rings. The van der Waals surface area contributed by atoms with E-state index in [1.165, 1.54) is 6.07 Å². The molecule has 106 valence electrons. The summed E-state index contributed by atoms with van der Waals surface area (Å²) in [6, 6.07) is 5.06. The van der Waals surface area contributed by atoms with Gasteiger partial charge in [-0.1, -0.05) is 6.07 Å². The van der Waals surface area contributed by atoms with Crippen molar-refractivity contribution in [3.05, 3.63) is 28.3 Å². The molecule has 1 saturated heterocycles. The number of nitrogens with zero attached hydrogens (tertiary/aromatic N) is 2. The lowest BCUT2D eigenvalue weighted by Gasteiger charge is -2.21. The Hall–Kier alpha value is -1.96. The minimum absolute atomic E-state index is 0.0657. The van der Waals surface area contributed by atoms with Gasteiger partial charge in [0.1, 0.15) is 0 Å². The van der Waals surface area contributed by atoms with Crippen LogP contribution in [0.15, 0.2) is 22.6 Å². The number of anilines is 1. The van der Waals surface area contributed by atoms with Crippen molar-refractivity contribution in [1.29, 1.82) is 0 Å². The number of rotatable bonds is 3. The van der Waals surface area contributed by atoms with Crippen molar-refractivity contribution in [2.75, 3.05) is 16.8 Å². The number of hydrogen-bond donors (Lipinski definition) is 1. The van der Waals surface area contributed by atoms with Gasteiger partial charge < -0.3 is 9.73 Å². The molecule has 1 N–H and O–H groups in total. The number of aromatic nitrogens is 1. The molecule has 3 rings (SSSR count). The van der Waals surface area contributed by atoms with E-state index in [4.69, 9.17) is 4.42 Å². The normalized spacial score (nSPS) is 22.8. The minimum Gasteiger partial charge on any atom is -0.423 e. The number of para-hydroxylation sites is 1. The Bertz CT molecular complexity index is 674. The van der Waals surface area contributed by atoms with Gasteiger partial charge in [-0.25, -0.2) is 0 Å². The molecule has 0 radical (unpaired) electrons. The van der Waals surface area contributed by atoms with Crippen LogP contribution in [0, 0.1) is 10.1 Å². The van der Waals surface area contributed by atoms with Crippen LogP contribution in [0.4, 0.5) is 11.7 Å². The van der Waals surface area contributed by atoms with Crippen LogP contribution in [0.25, 0.3) is 11.1 Å². The SMILES string of the molecule is O=[N+]([O-])c1cccc2oc(NC3CCS(=O)CC3)nc12. The van der Waals surface area contributed by atoms with Crippen molar-refractivity contribution < 1.29 is 13.5 Å². The quantitative estimate of drug-likeness (QED) is 0.687. The van der Waals surface area contributed by atoms with Crippen LogP contribution in [-0.2, 0) is 10.8 Å². The lowest BCUT2D eigenvalue weighted by Crippen LogP contribution is -2.29. The summed E-state index contributed by atoms with van der Waals surface area (Å²) in [5.41, 5.74) is 0.574. The maximum atomic E-state index is 11.3. The van der Waals surface area contributed by atoms with Crippen LogP contribution in [0.2, 0.25) is 0 Å². The molecule has 0 spiro atoms. The summed E-state index contributed by atoms with van der Waals surface area (Å²) >= 11 is 0. The number of nitrogens with one attached hydrogen (secondary N) is 1. The molecule has 1 fully saturated rings. The van der Waals surface area contributed by atoms with Crippen LogP contribution in [0.5, 0.6) is 0 Å². The van der Waals surface area contributed by atoms with Gasteiger partial charge in [-0.05, 0) is 18.9 Å². The van der Waals surface area contributed by atoms with Crippen molar-refractivity contribution in [2.45, 2.75) is 18.9 Å². The van der Waals surface area contributed by atoms with E-state index >= 15 is 0 Å². The van der Waals surface area contributed by atoms with Crippen molar-refractivity contribution in [3.63, 3.8) is 0 Å². The Morgan fingerprint density at radius 1 is 1.40 bits per heavy atom. The number of nitro benzene ring substituents is 1. The van der Waals surface area contributed by atoms with E-state index in [9.17, 15) is 14.3 Å². The summed E-state index contributed by atoms with van der Waals surface area (Å²) in [5, 5.41) is 14.0. The van der Waals surface area contributed by atoms with Gasteiger partial charge in [0, 0.05) is 34.4 Å². The Kier molecular flexibility index (Phi) is 3.39. The molecule has 1 aromatic heterocycles. The van der Waals surface area contributed by atoms with Crippen molar-refractivity contribution in [3.8, 4) is 0 Å². The molecule has 7 nitrogen and oxygen atoms in total. The first-order chi connectivity index (χ1) is 9.63. The second-order valence-corrected chi connectivity index (χ2v) is 6.36. The van der Waals surface area contributed by atoms with Crippen LogP contribution in [0.3, 0.4) is 0 Å². The van der Waals surface area contributed by atoms with Crippen molar-refractivity contribution in [1.82, 2.24) is 4.98 Å². The highest BCUT2D eigenvalue weighted by molar-refractivity contribution is 7.85. The smallest absolute Gasteiger partial charge is 0.298 e. The van der Waals surface area contributed by atoms with Gasteiger partial charge in [0.15, 0.2) is 11.1 Å². The van der Waals surface area contributed by atoms with Crippen LogP contribution in [0.1, 0.15) is 12.8 Å². The van der Waals surface area contributed by atoms with E-state index in [2.05, 4.69) is 10.3 Å². The maximum Gasteiger partial charge on any atom is 0.298 e. The third-order valence-electron chi connectivity index (χ3n) is 3.31. The van der Waals surface area contributed by atoms with E-state index in [-0.39, 0.29) is 23.3 Å². The van der Waals surface area contributed by atoms with Crippen molar-refractivity contribution >= 4 is 33.6 Å². The molecule has 0 unspecified atom stereocenters. The number of fused-ring (bicyclic) bond motifs is 1. The Labute approximate surface area is 117 Å². The Morgan fingerprint density at radius 2 is 2.15 bits per heavy atom. The summed E-state index contributed by atoms with van der Waals surface area (Å²) in [5.74, 6) is 1.33. The minimum atomic E-state index is -0.724. The van der Waals surface area contributed by atoms with Crippen LogP contribution >= 0.6 is 0 Å². The zero-order chi connectivity index (χ0) is 14.1. The van der Waals surface area contributed by atoms with Crippen molar-refractivity contribution in [2.24, 2.45) is 0 Å². The first-order valence-electron chi connectivity index (χ1n) is 6.29. The average molecular weight is 295 g/mol. The second-order valence-electron chi connectivity index (χ2n) is 4.67. The van der Waals surface area contributed by atoms with E-state index in [1.807, 2.05) is 0 Å². The molecule has 8 heteroatoms. The lowest BCUT2D eigenvalue weighted by molar-refractivity contribution is -0.383. The largest absolute Gasteiger partial charge is 0.423 e. The summed E-state index contributed by atoms with van der Waals surface area (Å²) in [7, 11) is -0.724. The monoisotopic (exact) mass is 295 g/mol. The Morgan fingerprint density at radius 3 is 2.85 bits per heavy atom. The number of non-ortho nitro benzene ring substituents is 1. The predicted molar refractivity (Wildman–Crippen MR) is 75.2 cm³/mol. The maximum absolute atomic E-state index is 11.3. The van der Waals surface area contributed by atoms with Crippen LogP contribution < -0.4 is 5.32 Å². The topological polar surface area (TPSA) is 98.3 Å². The van der Waals surface area contributed by atoms with Gasteiger partial charge in [0.25, 0.3) is 11.7 Å². The molecule has 0 aliphatic carbocycles. The summed E-state index contributed by atoms with van der Waals surface area (Å²) in [6.45, 7) is 0.